The van der Waals surface area contributed by atoms with E-state index in [1.807, 2.05) is 0 Å². The Hall–Kier alpha value is -0.610. The molecule has 3 rings (SSSR count). The highest BCUT2D eigenvalue weighted by molar-refractivity contribution is 5.75. The standard InChI is InChI=1S/C20H34O4/c1-2-5-17(20-22-12-4-13-23-20)7-3-6-15-8-10-16(11-9-15)18-14-19(21)24-18/h15-18,20H,2-14H2,1H3. The molecule has 1 saturated carbocycles. The van der Waals surface area contributed by atoms with Crippen LogP contribution in [0, 0.1) is 17.8 Å². The first kappa shape index (κ1) is 18.2. The summed E-state index contributed by atoms with van der Waals surface area (Å²) in [6, 6.07) is 0. The van der Waals surface area contributed by atoms with Crippen LogP contribution in [0.15, 0.2) is 0 Å². The molecule has 24 heavy (non-hydrogen) atoms. The van der Waals surface area contributed by atoms with Gasteiger partial charge in [-0.25, -0.2) is 0 Å². The van der Waals surface area contributed by atoms with E-state index >= 15 is 0 Å². The predicted octanol–water partition coefficient (Wildman–Crippen LogP) is 4.46. The summed E-state index contributed by atoms with van der Waals surface area (Å²) in [5.41, 5.74) is 0. The zero-order valence-corrected chi connectivity index (χ0v) is 15.2. The molecule has 0 spiro atoms. The molecule has 0 aromatic heterocycles. The van der Waals surface area contributed by atoms with Crippen LogP contribution in [0.2, 0.25) is 0 Å². The van der Waals surface area contributed by atoms with Crippen molar-refractivity contribution in [1.29, 1.82) is 0 Å². The average molecular weight is 338 g/mol. The van der Waals surface area contributed by atoms with Crippen LogP contribution in [0.4, 0.5) is 0 Å². The minimum Gasteiger partial charge on any atom is -0.461 e. The van der Waals surface area contributed by atoms with Gasteiger partial charge < -0.3 is 14.2 Å². The van der Waals surface area contributed by atoms with Gasteiger partial charge in [-0.1, -0.05) is 39.0 Å². The Morgan fingerprint density at radius 1 is 1.08 bits per heavy atom. The molecule has 2 atom stereocenters. The fourth-order valence-electron chi connectivity index (χ4n) is 4.67. The maximum atomic E-state index is 11.0. The Balaban J connectivity index is 1.32. The van der Waals surface area contributed by atoms with Crippen molar-refractivity contribution < 1.29 is 19.0 Å². The first-order chi connectivity index (χ1) is 11.8. The van der Waals surface area contributed by atoms with E-state index in [2.05, 4.69) is 6.92 Å². The zero-order valence-electron chi connectivity index (χ0n) is 15.2. The first-order valence-electron chi connectivity index (χ1n) is 10.2. The fraction of sp³-hybridized carbons (Fsp3) is 0.950. The van der Waals surface area contributed by atoms with Crippen LogP contribution in [-0.4, -0.2) is 31.6 Å². The molecule has 0 amide bonds. The second kappa shape index (κ2) is 9.19. The summed E-state index contributed by atoms with van der Waals surface area (Å²) in [5, 5.41) is 0. The topological polar surface area (TPSA) is 44.8 Å². The molecule has 4 nitrogen and oxygen atoms in total. The first-order valence-corrected chi connectivity index (χ1v) is 10.2. The van der Waals surface area contributed by atoms with E-state index < -0.39 is 0 Å². The minimum atomic E-state index is -0.00348. The third kappa shape index (κ3) is 4.95. The van der Waals surface area contributed by atoms with Crippen LogP contribution in [0.25, 0.3) is 0 Å². The third-order valence-electron chi connectivity index (χ3n) is 6.15. The molecule has 0 bridgehead atoms. The van der Waals surface area contributed by atoms with Crippen molar-refractivity contribution in [2.75, 3.05) is 13.2 Å². The lowest BCUT2D eigenvalue weighted by atomic mass is 9.76. The van der Waals surface area contributed by atoms with Crippen molar-refractivity contribution in [2.24, 2.45) is 17.8 Å². The Morgan fingerprint density at radius 2 is 1.79 bits per heavy atom. The lowest BCUT2D eigenvalue weighted by Crippen LogP contribution is -2.40. The van der Waals surface area contributed by atoms with Crippen LogP contribution in [-0.2, 0) is 19.0 Å². The quantitative estimate of drug-likeness (QED) is 0.613. The van der Waals surface area contributed by atoms with E-state index in [-0.39, 0.29) is 18.4 Å². The van der Waals surface area contributed by atoms with Crippen LogP contribution >= 0.6 is 0 Å². The van der Waals surface area contributed by atoms with Gasteiger partial charge in [-0.15, -0.1) is 0 Å². The highest BCUT2D eigenvalue weighted by Gasteiger charge is 2.37. The molecular weight excluding hydrogens is 304 g/mol. The summed E-state index contributed by atoms with van der Waals surface area (Å²) in [5.74, 6) is 2.07. The van der Waals surface area contributed by atoms with Crippen LogP contribution in [0.1, 0.15) is 77.6 Å². The molecule has 0 radical (unpaired) electrons. The van der Waals surface area contributed by atoms with E-state index in [1.54, 1.807) is 0 Å². The molecule has 2 unspecified atom stereocenters. The summed E-state index contributed by atoms with van der Waals surface area (Å²) in [4.78, 5) is 11.0. The molecule has 2 aliphatic heterocycles. The molecule has 0 N–H and O–H groups in total. The van der Waals surface area contributed by atoms with Crippen LogP contribution in [0.3, 0.4) is 0 Å². The number of carbonyl (C=O) groups is 1. The van der Waals surface area contributed by atoms with E-state index in [1.165, 1.54) is 57.8 Å². The number of hydrogen-bond acceptors (Lipinski definition) is 4. The second-order valence-corrected chi connectivity index (χ2v) is 7.96. The largest absolute Gasteiger partial charge is 0.461 e. The monoisotopic (exact) mass is 338 g/mol. The molecule has 3 aliphatic rings. The SMILES string of the molecule is CCCC(CCCC1CCC(C2CC(=O)O2)CC1)C1OCCCO1. The number of esters is 1. The Labute approximate surface area is 146 Å². The number of cyclic esters (lactones) is 1. The van der Waals surface area contributed by atoms with E-state index in [4.69, 9.17) is 14.2 Å². The summed E-state index contributed by atoms with van der Waals surface area (Å²) < 4.78 is 16.9. The molecule has 3 fully saturated rings. The maximum Gasteiger partial charge on any atom is 0.309 e. The van der Waals surface area contributed by atoms with E-state index in [0.29, 0.717) is 18.3 Å². The van der Waals surface area contributed by atoms with Gasteiger partial charge in [-0.2, -0.15) is 0 Å². The molecule has 2 saturated heterocycles. The molecule has 0 aromatic carbocycles. The van der Waals surface area contributed by atoms with E-state index in [9.17, 15) is 4.79 Å². The highest BCUT2D eigenvalue weighted by Crippen LogP contribution is 2.38. The Bertz CT molecular complexity index is 375. The summed E-state index contributed by atoms with van der Waals surface area (Å²) in [6.07, 6.45) is 13.4. The maximum absolute atomic E-state index is 11.0. The van der Waals surface area contributed by atoms with Gasteiger partial charge >= 0.3 is 5.97 Å². The van der Waals surface area contributed by atoms with Crippen molar-refractivity contribution in [3.8, 4) is 0 Å². The lowest BCUT2D eigenvalue weighted by Gasteiger charge is -2.37. The molecular formula is C20H34O4. The number of carbonyl (C=O) groups excluding carboxylic acids is 1. The van der Waals surface area contributed by atoms with Crippen molar-refractivity contribution in [3.05, 3.63) is 0 Å². The number of rotatable bonds is 8. The van der Waals surface area contributed by atoms with Gasteiger partial charge in [0.15, 0.2) is 6.29 Å². The predicted molar refractivity (Wildman–Crippen MR) is 92.5 cm³/mol. The summed E-state index contributed by atoms with van der Waals surface area (Å²) >= 11 is 0. The molecule has 1 aliphatic carbocycles. The fourth-order valence-corrected chi connectivity index (χ4v) is 4.67. The van der Waals surface area contributed by atoms with Crippen LogP contribution in [0.5, 0.6) is 0 Å². The van der Waals surface area contributed by atoms with Gasteiger partial charge in [0.1, 0.15) is 6.10 Å². The minimum absolute atomic E-state index is 0.00348. The van der Waals surface area contributed by atoms with Crippen molar-refractivity contribution in [3.63, 3.8) is 0 Å². The van der Waals surface area contributed by atoms with Gasteiger partial charge in [-0.3, -0.25) is 4.79 Å². The van der Waals surface area contributed by atoms with Gasteiger partial charge in [0.2, 0.25) is 0 Å². The van der Waals surface area contributed by atoms with Gasteiger partial charge in [0, 0.05) is 5.92 Å². The van der Waals surface area contributed by atoms with Crippen molar-refractivity contribution >= 4 is 5.97 Å². The second-order valence-electron chi connectivity index (χ2n) is 7.96. The zero-order chi connectivity index (χ0) is 16.8. The third-order valence-corrected chi connectivity index (χ3v) is 6.15. The molecule has 0 aromatic rings. The summed E-state index contributed by atoms with van der Waals surface area (Å²) in [6.45, 7) is 3.98. The molecule has 2 heterocycles. The number of hydrogen-bond donors (Lipinski definition) is 0. The summed E-state index contributed by atoms with van der Waals surface area (Å²) in [7, 11) is 0. The van der Waals surface area contributed by atoms with Gasteiger partial charge in [-0.05, 0) is 43.9 Å². The van der Waals surface area contributed by atoms with Gasteiger partial charge in [0.25, 0.3) is 0 Å². The normalized spacial score (nSPS) is 32.9. The average Bonchev–Trinajstić information content (AvgIpc) is 2.60. The Kier molecular flexibility index (Phi) is 6.96. The Morgan fingerprint density at radius 3 is 2.42 bits per heavy atom. The van der Waals surface area contributed by atoms with Gasteiger partial charge in [0.05, 0.1) is 19.6 Å². The highest BCUT2D eigenvalue weighted by atomic mass is 16.7. The van der Waals surface area contributed by atoms with E-state index in [0.717, 1.165) is 25.6 Å². The number of ether oxygens (including phenoxy) is 3. The molecule has 4 heteroatoms. The van der Waals surface area contributed by atoms with Crippen molar-refractivity contribution in [1.82, 2.24) is 0 Å². The van der Waals surface area contributed by atoms with Crippen molar-refractivity contribution in [2.45, 2.75) is 89.9 Å². The lowest BCUT2D eigenvalue weighted by molar-refractivity contribution is -0.207. The molecule has 138 valence electrons. The smallest absolute Gasteiger partial charge is 0.309 e. The van der Waals surface area contributed by atoms with Crippen LogP contribution < -0.4 is 0 Å².